The Balaban J connectivity index is 1.87. The van der Waals surface area contributed by atoms with Crippen molar-refractivity contribution >= 4 is 15.9 Å². The SMILES string of the molecule is CCOc1ccc(CNC2CCCCC2)cc1Br. The van der Waals surface area contributed by atoms with Gasteiger partial charge < -0.3 is 10.1 Å². The van der Waals surface area contributed by atoms with Crippen molar-refractivity contribution in [1.29, 1.82) is 0 Å². The molecule has 0 atom stereocenters. The molecule has 0 radical (unpaired) electrons. The highest BCUT2D eigenvalue weighted by Crippen LogP contribution is 2.26. The summed E-state index contributed by atoms with van der Waals surface area (Å²) in [4.78, 5) is 0. The maximum absolute atomic E-state index is 5.52. The van der Waals surface area contributed by atoms with Crippen LogP contribution >= 0.6 is 15.9 Å². The summed E-state index contributed by atoms with van der Waals surface area (Å²) in [6, 6.07) is 7.06. The summed E-state index contributed by atoms with van der Waals surface area (Å²) in [5, 5.41) is 3.65. The molecule has 2 rings (SSSR count). The van der Waals surface area contributed by atoms with Crippen LogP contribution in [0.1, 0.15) is 44.6 Å². The Morgan fingerprint density at radius 3 is 2.72 bits per heavy atom. The number of halogens is 1. The highest BCUT2D eigenvalue weighted by atomic mass is 79.9. The Morgan fingerprint density at radius 2 is 2.06 bits per heavy atom. The van der Waals surface area contributed by atoms with E-state index in [4.69, 9.17) is 4.74 Å². The van der Waals surface area contributed by atoms with Crippen LogP contribution in [0.3, 0.4) is 0 Å². The van der Waals surface area contributed by atoms with Crippen molar-refractivity contribution in [2.24, 2.45) is 0 Å². The van der Waals surface area contributed by atoms with Crippen LogP contribution in [0.4, 0.5) is 0 Å². The van der Waals surface area contributed by atoms with Gasteiger partial charge in [0.25, 0.3) is 0 Å². The molecule has 0 aliphatic heterocycles. The lowest BCUT2D eigenvalue weighted by molar-refractivity contribution is 0.338. The molecule has 0 unspecified atom stereocenters. The number of ether oxygens (including phenoxy) is 1. The van der Waals surface area contributed by atoms with Crippen molar-refractivity contribution in [2.75, 3.05) is 6.61 Å². The second-order valence-corrected chi connectivity index (χ2v) is 5.77. The van der Waals surface area contributed by atoms with Crippen LogP contribution in [0.2, 0.25) is 0 Å². The lowest BCUT2D eigenvalue weighted by atomic mass is 9.95. The maximum atomic E-state index is 5.52. The van der Waals surface area contributed by atoms with Gasteiger partial charge in [-0.2, -0.15) is 0 Å². The third-order valence-electron chi connectivity index (χ3n) is 3.50. The van der Waals surface area contributed by atoms with Gasteiger partial charge in [-0.3, -0.25) is 0 Å². The number of benzene rings is 1. The van der Waals surface area contributed by atoms with Gasteiger partial charge in [-0.15, -0.1) is 0 Å². The third kappa shape index (κ3) is 3.99. The van der Waals surface area contributed by atoms with Gasteiger partial charge in [0.05, 0.1) is 11.1 Å². The van der Waals surface area contributed by atoms with Crippen LogP contribution in [0.25, 0.3) is 0 Å². The van der Waals surface area contributed by atoms with E-state index in [1.165, 1.54) is 37.7 Å². The second kappa shape index (κ2) is 7.15. The predicted octanol–water partition coefficient (Wildman–Crippen LogP) is 4.27. The molecular weight excluding hydrogens is 290 g/mol. The van der Waals surface area contributed by atoms with E-state index in [9.17, 15) is 0 Å². The second-order valence-electron chi connectivity index (χ2n) is 4.91. The predicted molar refractivity (Wildman–Crippen MR) is 79.0 cm³/mol. The first-order chi connectivity index (χ1) is 8.79. The number of rotatable bonds is 5. The Kier molecular flexibility index (Phi) is 5.51. The molecule has 0 saturated heterocycles. The van der Waals surface area contributed by atoms with E-state index in [0.717, 1.165) is 16.8 Å². The molecule has 0 bridgehead atoms. The van der Waals surface area contributed by atoms with E-state index in [2.05, 4.69) is 33.4 Å². The van der Waals surface area contributed by atoms with E-state index in [1.54, 1.807) is 0 Å². The zero-order valence-electron chi connectivity index (χ0n) is 11.0. The first-order valence-electron chi connectivity index (χ1n) is 6.94. The molecule has 0 spiro atoms. The molecule has 2 nitrogen and oxygen atoms in total. The van der Waals surface area contributed by atoms with Crippen molar-refractivity contribution < 1.29 is 4.74 Å². The van der Waals surface area contributed by atoms with Gasteiger partial charge in [0.2, 0.25) is 0 Å². The minimum absolute atomic E-state index is 0.707. The van der Waals surface area contributed by atoms with Gasteiger partial charge in [-0.25, -0.2) is 0 Å². The molecule has 3 heteroatoms. The van der Waals surface area contributed by atoms with Crippen LogP contribution in [0.5, 0.6) is 5.75 Å². The van der Waals surface area contributed by atoms with Crippen molar-refractivity contribution in [3.63, 3.8) is 0 Å². The number of hydrogen-bond acceptors (Lipinski definition) is 2. The molecule has 1 saturated carbocycles. The smallest absolute Gasteiger partial charge is 0.133 e. The summed E-state index contributed by atoms with van der Waals surface area (Å²) in [7, 11) is 0. The van der Waals surface area contributed by atoms with Crippen LogP contribution in [0, 0.1) is 0 Å². The highest BCUT2D eigenvalue weighted by Gasteiger charge is 2.12. The lowest BCUT2D eigenvalue weighted by Gasteiger charge is -2.23. The van der Waals surface area contributed by atoms with E-state index < -0.39 is 0 Å². The zero-order chi connectivity index (χ0) is 12.8. The largest absolute Gasteiger partial charge is 0.493 e. The average molecular weight is 312 g/mol. The van der Waals surface area contributed by atoms with Crippen molar-refractivity contribution in [3.05, 3.63) is 28.2 Å². The molecule has 1 aromatic carbocycles. The fourth-order valence-corrected chi connectivity index (χ4v) is 3.04. The molecule has 18 heavy (non-hydrogen) atoms. The minimum Gasteiger partial charge on any atom is -0.493 e. The Bertz CT molecular complexity index is 375. The first kappa shape index (κ1) is 13.9. The summed E-state index contributed by atoms with van der Waals surface area (Å²) in [6.07, 6.45) is 6.83. The van der Waals surface area contributed by atoms with Crippen LogP contribution in [0.15, 0.2) is 22.7 Å². The Hall–Kier alpha value is -0.540. The summed E-state index contributed by atoms with van der Waals surface area (Å²) < 4.78 is 6.57. The number of nitrogens with one attached hydrogen (secondary N) is 1. The van der Waals surface area contributed by atoms with E-state index in [-0.39, 0.29) is 0 Å². The Labute approximate surface area is 118 Å². The van der Waals surface area contributed by atoms with Gasteiger partial charge in [0, 0.05) is 12.6 Å². The fraction of sp³-hybridized carbons (Fsp3) is 0.600. The molecule has 1 fully saturated rings. The molecule has 0 heterocycles. The molecular formula is C15H22BrNO. The van der Waals surface area contributed by atoms with E-state index in [1.807, 2.05) is 13.0 Å². The van der Waals surface area contributed by atoms with Gasteiger partial charge in [-0.05, 0) is 53.4 Å². The van der Waals surface area contributed by atoms with E-state index >= 15 is 0 Å². The average Bonchev–Trinajstić information content (AvgIpc) is 2.41. The van der Waals surface area contributed by atoms with Crippen LogP contribution in [-0.2, 0) is 6.54 Å². The monoisotopic (exact) mass is 311 g/mol. The zero-order valence-corrected chi connectivity index (χ0v) is 12.6. The highest BCUT2D eigenvalue weighted by molar-refractivity contribution is 9.10. The van der Waals surface area contributed by atoms with Crippen molar-refractivity contribution in [3.8, 4) is 5.75 Å². The van der Waals surface area contributed by atoms with Crippen molar-refractivity contribution in [1.82, 2.24) is 5.32 Å². The summed E-state index contributed by atoms with van der Waals surface area (Å²) in [6.45, 7) is 3.67. The minimum atomic E-state index is 0.707. The van der Waals surface area contributed by atoms with Crippen LogP contribution in [-0.4, -0.2) is 12.6 Å². The summed E-state index contributed by atoms with van der Waals surface area (Å²) in [5.41, 5.74) is 1.32. The normalized spacial score (nSPS) is 16.8. The molecule has 0 amide bonds. The molecule has 1 aliphatic rings. The number of hydrogen-bond donors (Lipinski definition) is 1. The standard InChI is InChI=1S/C15H22BrNO/c1-2-18-15-9-8-12(10-14(15)16)11-17-13-6-4-3-5-7-13/h8-10,13,17H,2-7,11H2,1H3. The van der Waals surface area contributed by atoms with E-state index in [0.29, 0.717) is 12.6 Å². The fourth-order valence-electron chi connectivity index (χ4n) is 2.50. The lowest BCUT2D eigenvalue weighted by Crippen LogP contribution is -2.30. The summed E-state index contributed by atoms with van der Waals surface area (Å²) in [5.74, 6) is 0.930. The molecule has 1 aliphatic carbocycles. The van der Waals surface area contributed by atoms with Gasteiger partial charge in [-0.1, -0.05) is 25.3 Å². The van der Waals surface area contributed by atoms with Crippen LogP contribution < -0.4 is 10.1 Å². The molecule has 1 aromatic rings. The first-order valence-corrected chi connectivity index (χ1v) is 7.73. The summed E-state index contributed by atoms with van der Waals surface area (Å²) >= 11 is 3.56. The molecule has 1 N–H and O–H groups in total. The maximum Gasteiger partial charge on any atom is 0.133 e. The van der Waals surface area contributed by atoms with Gasteiger partial charge in [0.1, 0.15) is 5.75 Å². The molecule has 100 valence electrons. The molecule has 0 aromatic heterocycles. The van der Waals surface area contributed by atoms with Crippen molar-refractivity contribution in [2.45, 2.75) is 51.6 Å². The topological polar surface area (TPSA) is 21.3 Å². The van der Waals surface area contributed by atoms with Gasteiger partial charge in [0.15, 0.2) is 0 Å². The third-order valence-corrected chi connectivity index (χ3v) is 4.12. The Morgan fingerprint density at radius 1 is 1.28 bits per heavy atom. The van der Waals surface area contributed by atoms with Gasteiger partial charge >= 0.3 is 0 Å². The quantitative estimate of drug-likeness (QED) is 0.876.